The van der Waals surface area contributed by atoms with E-state index in [0.29, 0.717) is 22.8 Å². The fraction of sp³-hybridized carbons (Fsp3) is 0.0526. The van der Waals surface area contributed by atoms with Gasteiger partial charge in [0.2, 0.25) is 5.91 Å². The Kier molecular flexibility index (Phi) is 4.99. The number of aromatic nitrogens is 1. The summed E-state index contributed by atoms with van der Waals surface area (Å²) in [7, 11) is 0. The van der Waals surface area contributed by atoms with Crippen LogP contribution in [0.15, 0.2) is 66.9 Å². The monoisotopic (exact) mass is 339 g/mol. The van der Waals surface area contributed by atoms with Gasteiger partial charge in [0, 0.05) is 5.69 Å². The van der Waals surface area contributed by atoms with Crippen LogP contribution in [0.5, 0.6) is 0 Å². The second kappa shape index (κ2) is 7.53. The highest BCUT2D eigenvalue weighted by molar-refractivity contribution is 5.92. The predicted molar refractivity (Wildman–Crippen MR) is 92.7 cm³/mol. The van der Waals surface area contributed by atoms with Gasteiger partial charge in [-0.25, -0.2) is 13.8 Å². The third-order valence-corrected chi connectivity index (χ3v) is 3.45. The molecule has 0 saturated heterocycles. The van der Waals surface area contributed by atoms with Crippen LogP contribution < -0.4 is 10.6 Å². The van der Waals surface area contributed by atoms with Crippen LogP contribution in [0.4, 0.5) is 26.0 Å². The van der Waals surface area contributed by atoms with E-state index >= 15 is 0 Å². The molecule has 126 valence electrons. The van der Waals surface area contributed by atoms with Gasteiger partial charge in [-0.1, -0.05) is 24.3 Å². The van der Waals surface area contributed by atoms with Gasteiger partial charge in [0.15, 0.2) is 0 Å². The Balaban J connectivity index is 1.60. The molecule has 3 aromatic rings. The minimum absolute atomic E-state index is 0.0596. The molecule has 0 atom stereocenters. The van der Waals surface area contributed by atoms with Crippen molar-refractivity contribution in [2.45, 2.75) is 6.42 Å². The summed E-state index contributed by atoms with van der Waals surface area (Å²) in [5.41, 5.74) is 1.40. The Morgan fingerprint density at radius 3 is 2.52 bits per heavy atom. The molecule has 0 fully saturated rings. The molecule has 0 aliphatic carbocycles. The van der Waals surface area contributed by atoms with Crippen LogP contribution >= 0.6 is 0 Å². The molecule has 1 amide bonds. The van der Waals surface area contributed by atoms with E-state index < -0.39 is 5.82 Å². The number of nitrogens with zero attached hydrogens (tertiary/aromatic N) is 1. The zero-order valence-electron chi connectivity index (χ0n) is 13.2. The van der Waals surface area contributed by atoms with E-state index in [-0.39, 0.29) is 18.1 Å². The fourth-order valence-electron chi connectivity index (χ4n) is 2.28. The molecule has 1 heterocycles. The minimum atomic E-state index is -0.412. The molecule has 0 saturated carbocycles. The van der Waals surface area contributed by atoms with Gasteiger partial charge in [0.1, 0.15) is 17.5 Å². The van der Waals surface area contributed by atoms with Crippen LogP contribution in [-0.4, -0.2) is 10.9 Å². The second-order valence-corrected chi connectivity index (χ2v) is 5.38. The molecule has 3 rings (SSSR count). The van der Waals surface area contributed by atoms with Crippen LogP contribution in [0.2, 0.25) is 0 Å². The van der Waals surface area contributed by atoms with E-state index in [2.05, 4.69) is 15.6 Å². The molecule has 0 spiro atoms. The summed E-state index contributed by atoms with van der Waals surface area (Å²) >= 11 is 0. The van der Waals surface area contributed by atoms with E-state index in [4.69, 9.17) is 0 Å². The van der Waals surface area contributed by atoms with Crippen molar-refractivity contribution >= 4 is 23.1 Å². The molecule has 2 aromatic carbocycles. The van der Waals surface area contributed by atoms with Crippen LogP contribution in [0, 0.1) is 11.6 Å². The van der Waals surface area contributed by atoms with Gasteiger partial charge < -0.3 is 10.6 Å². The van der Waals surface area contributed by atoms with Crippen molar-refractivity contribution in [2.75, 3.05) is 10.6 Å². The molecule has 0 unspecified atom stereocenters. The molecule has 0 aliphatic rings. The maximum absolute atomic E-state index is 13.5. The number of amides is 1. The Labute approximate surface area is 143 Å². The normalized spacial score (nSPS) is 10.3. The number of hydrogen-bond acceptors (Lipinski definition) is 3. The molecule has 0 bridgehead atoms. The van der Waals surface area contributed by atoms with Gasteiger partial charge in [-0.2, -0.15) is 0 Å². The Morgan fingerprint density at radius 1 is 0.960 bits per heavy atom. The first-order valence-corrected chi connectivity index (χ1v) is 7.62. The van der Waals surface area contributed by atoms with E-state index in [9.17, 15) is 13.6 Å². The molecular weight excluding hydrogens is 324 g/mol. The average molecular weight is 339 g/mol. The lowest BCUT2D eigenvalue weighted by atomic mass is 10.1. The van der Waals surface area contributed by atoms with Gasteiger partial charge >= 0.3 is 0 Å². The first kappa shape index (κ1) is 16.6. The molecule has 25 heavy (non-hydrogen) atoms. The van der Waals surface area contributed by atoms with Crippen LogP contribution in [0.25, 0.3) is 0 Å². The SMILES string of the molecule is O=C(Cc1ccccc1F)Nc1ccc(Nc2cccc(F)c2)nc1. The smallest absolute Gasteiger partial charge is 0.228 e. The molecule has 2 N–H and O–H groups in total. The third kappa shape index (κ3) is 4.60. The first-order valence-electron chi connectivity index (χ1n) is 7.62. The van der Waals surface area contributed by atoms with Gasteiger partial charge in [-0.15, -0.1) is 0 Å². The lowest BCUT2D eigenvalue weighted by molar-refractivity contribution is -0.115. The summed E-state index contributed by atoms with van der Waals surface area (Å²) in [6, 6.07) is 15.5. The third-order valence-electron chi connectivity index (χ3n) is 3.45. The number of pyridine rings is 1. The Morgan fingerprint density at radius 2 is 1.80 bits per heavy atom. The first-order chi connectivity index (χ1) is 12.1. The van der Waals surface area contributed by atoms with Crippen molar-refractivity contribution in [3.05, 3.63) is 84.1 Å². The minimum Gasteiger partial charge on any atom is -0.340 e. The molecular formula is C19H15F2N3O. The number of halogens is 2. The van der Waals surface area contributed by atoms with Crippen LogP contribution in [0.1, 0.15) is 5.56 Å². The van der Waals surface area contributed by atoms with Gasteiger partial charge in [-0.3, -0.25) is 4.79 Å². The van der Waals surface area contributed by atoms with Crippen molar-refractivity contribution in [3.8, 4) is 0 Å². The standard InChI is InChI=1S/C19H15F2N3O/c20-14-5-3-6-15(11-14)23-18-9-8-16(12-22-18)24-19(25)10-13-4-1-2-7-17(13)21/h1-9,11-12H,10H2,(H,22,23)(H,24,25). The number of benzene rings is 2. The highest BCUT2D eigenvalue weighted by Crippen LogP contribution is 2.17. The van der Waals surface area contributed by atoms with Gasteiger partial charge in [-0.05, 0) is 42.0 Å². The van der Waals surface area contributed by atoms with E-state index in [1.54, 1.807) is 42.5 Å². The number of nitrogens with one attached hydrogen (secondary N) is 2. The zero-order valence-corrected chi connectivity index (χ0v) is 13.2. The largest absolute Gasteiger partial charge is 0.340 e. The topological polar surface area (TPSA) is 54.0 Å². The predicted octanol–water partition coefficient (Wildman–Crippen LogP) is 4.28. The lowest BCUT2D eigenvalue weighted by Crippen LogP contribution is -2.15. The van der Waals surface area contributed by atoms with Crippen molar-refractivity contribution in [1.82, 2.24) is 4.98 Å². The summed E-state index contributed by atoms with van der Waals surface area (Å²) in [6.07, 6.45) is 1.41. The highest BCUT2D eigenvalue weighted by Gasteiger charge is 2.08. The summed E-state index contributed by atoms with van der Waals surface area (Å²) in [5, 5.41) is 5.62. The number of carbonyl (C=O) groups excluding carboxylic acids is 1. The summed E-state index contributed by atoms with van der Waals surface area (Å²) < 4.78 is 26.7. The zero-order chi connectivity index (χ0) is 17.6. The summed E-state index contributed by atoms with van der Waals surface area (Å²) in [6.45, 7) is 0. The molecule has 0 radical (unpaired) electrons. The van der Waals surface area contributed by atoms with Crippen molar-refractivity contribution in [3.63, 3.8) is 0 Å². The highest BCUT2D eigenvalue weighted by atomic mass is 19.1. The average Bonchev–Trinajstić information content (AvgIpc) is 2.59. The number of hydrogen-bond donors (Lipinski definition) is 2. The Hall–Kier alpha value is -3.28. The number of carbonyl (C=O) groups is 1. The van der Waals surface area contributed by atoms with Crippen molar-refractivity contribution in [2.24, 2.45) is 0 Å². The molecule has 6 heteroatoms. The van der Waals surface area contributed by atoms with Gasteiger partial charge in [0.25, 0.3) is 0 Å². The number of rotatable bonds is 5. The van der Waals surface area contributed by atoms with Crippen molar-refractivity contribution in [1.29, 1.82) is 0 Å². The molecule has 0 aliphatic heterocycles. The molecule has 1 aromatic heterocycles. The number of anilines is 3. The van der Waals surface area contributed by atoms with Crippen LogP contribution in [0.3, 0.4) is 0 Å². The maximum atomic E-state index is 13.5. The second-order valence-electron chi connectivity index (χ2n) is 5.38. The lowest BCUT2D eigenvalue weighted by Gasteiger charge is -2.08. The quantitative estimate of drug-likeness (QED) is 0.729. The fourth-order valence-corrected chi connectivity index (χ4v) is 2.28. The van der Waals surface area contributed by atoms with Crippen molar-refractivity contribution < 1.29 is 13.6 Å². The summed E-state index contributed by atoms with van der Waals surface area (Å²) in [4.78, 5) is 16.1. The van der Waals surface area contributed by atoms with Crippen LogP contribution in [-0.2, 0) is 11.2 Å². The van der Waals surface area contributed by atoms with E-state index in [1.165, 1.54) is 24.4 Å². The van der Waals surface area contributed by atoms with E-state index in [1.807, 2.05) is 0 Å². The van der Waals surface area contributed by atoms with Gasteiger partial charge in [0.05, 0.1) is 18.3 Å². The molecule has 4 nitrogen and oxygen atoms in total. The summed E-state index contributed by atoms with van der Waals surface area (Å²) in [5.74, 6) is -0.581. The Bertz CT molecular complexity index is 882. The van der Waals surface area contributed by atoms with E-state index in [0.717, 1.165) is 0 Å². The maximum Gasteiger partial charge on any atom is 0.228 e.